The van der Waals surface area contributed by atoms with Crippen molar-refractivity contribution in [2.75, 3.05) is 0 Å². The van der Waals surface area contributed by atoms with E-state index in [0.717, 1.165) is 31.1 Å². The van der Waals surface area contributed by atoms with Crippen LogP contribution in [-0.4, -0.2) is 10.7 Å². The molecule has 1 atom stereocenters. The Balaban J connectivity index is 2.11. The summed E-state index contributed by atoms with van der Waals surface area (Å²) in [6.07, 6.45) is 4.29. The lowest BCUT2D eigenvalue weighted by atomic mass is 9.91. The molecular formula is C10H20O. The highest BCUT2D eigenvalue weighted by atomic mass is 16.3. The summed E-state index contributed by atoms with van der Waals surface area (Å²) in [5, 5.41) is 9.56. The van der Waals surface area contributed by atoms with Gasteiger partial charge in [0.1, 0.15) is 0 Å². The van der Waals surface area contributed by atoms with Gasteiger partial charge in [0.25, 0.3) is 0 Å². The summed E-state index contributed by atoms with van der Waals surface area (Å²) >= 11 is 0. The Bertz CT molecular complexity index is 125. The molecule has 0 amide bonds. The smallest absolute Gasteiger partial charge is 0.0650 e. The van der Waals surface area contributed by atoms with Crippen molar-refractivity contribution in [3.05, 3.63) is 0 Å². The number of hydrogen-bond acceptors (Lipinski definition) is 1. The van der Waals surface area contributed by atoms with Crippen LogP contribution < -0.4 is 0 Å². The Morgan fingerprint density at radius 1 is 1.27 bits per heavy atom. The Hall–Kier alpha value is -0.0400. The molecule has 1 N–H and O–H groups in total. The van der Waals surface area contributed by atoms with Gasteiger partial charge >= 0.3 is 0 Å². The average Bonchev–Trinajstić information content (AvgIpc) is 2.64. The molecule has 1 saturated carbocycles. The Labute approximate surface area is 69.8 Å². The first-order valence-corrected chi connectivity index (χ1v) is 4.76. The van der Waals surface area contributed by atoms with Crippen molar-refractivity contribution in [2.45, 2.75) is 52.1 Å². The van der Waals surface area contributed by atoms with E-state index >= 15 is 0 Å². The zero-order valence-electron chi connectivity index (χ0n) is 7.93. The molecule has 1 fully saturated rings. The van der Waals surface area contributed by atoms with Gasteiger partial charge in [-0.15, -0.1) is 0 Å². The fraction of sp³-hybridized carbons (Fsp3) is 1.00. The highest BCUT2D eigenvalue weighted by molar-refractivity contribution is 4.93. The van der Waals surface area contributed by atoms with Crippen LogP contribution in [0.15, 0.2) is 0 Å². The minimum Gasteiger partial charge on any atom is -0.390 e. The van der Waals surface area contributed by atoms with Crippen LogP contribution in [0.2, 0.25) is 0 Å². The van der Waals surface area contributed by atoms with Gasteiger partial charge in [0.2, 0.25) is 0 Å². The van der Waals surface area contributed by atoms with Crippen LogP contribution in [-0.2, 0) is 0 Å². The Kier molecular flexibility index (Phi) is 2.58. The number of hydrogen-bond donors (Lipinski definition) is 1. The van der Waals surface area contributed by atoms with E-state index in [2.05, 4.69) is 20.8 Å². The van der Waals surface area contributed by atoms with Gasteiger partial charge < -0.3 is 5.11 Å². The fourth-order valence-corrected chi connectivity index (χ4v) is 1.22. The van der Waals surface area contributed by atoms with Crippen LogP contribution in [0.4, 0.5) is 0 Å². The molecule has 1 aliphatic carbocycles. The average molecular weight is 156 g/mol. The second kappa shape index (κ2) is 3.14. The summed E-state index contributed by atoms with van der Waals surface area (Å²) in [6.45, 7) is 6.78. The maximum Gasteiger partial charge on any atom is 0.0650 e. The number of aliphatic hydroxyl groups is 1. The van der Waals surface area contributed by atoms with Gasteiger partial charge in [-0.3, -0.25) is 0 Å². The van der Waals surface area contributed by atoms with Gasteiger partial charge in [0.15, 0.2) is 0 Å². The summed E-state index contributed by atoms with van der Waals surface area (Å²) in [5.74, 6) is 1.52. The predicted octanol–water partition coefficient (Wildman–Crippen LogP) is 2.58. The molecule has 0 aliphatic heterocycles. The third-order valence-electron chi connectivity index (χ3n) is 3.03. The molecule has 0 heterocycles. The molecule has 66 valence electrons. The van der Waals surface area contributed by atoms with E-state index < -0.39 is 0 Å². The molecule has 0 aromatic rings. The van der Waals surface area contributed by atoms with E-state index in [1.165, 1.54) is 6.42 Å². The zero-order chi connectivity index (χ0) is 8.48. The highest BCUT2D eigenvalue weighted by Gasteiger charge is 2.39. The summed E-state index contributed by atoms with van der Waals surface area (Å²) in [6, 6.07) is 0. The van der Waals surface area contributed by atoms with E-state index in [1.807, 2.05) is 0 Å². The van der Waals surface area contributed by atoms with Gasteiger partial charge in [-0.05, 0) is 37.5 Å². The molecule has 0 radical (unpaired) electrons. The van der Waals surface area contributed by atoms with E-state index in [4.69, 9.17) is 0 Å². The maximum absolute atomic E-state index is 9.56. The Morgan fingerprint density at radius 3 is 2.18 bits per heavy atom. The first-order valence-electron chi connectivity index (χ1n) is 4.76. The lowest BCUT2D eigenvalue weighted by molar-refractivity contribution is 0.127. The van der Waals surface area contributed by atoms with Crippen molar-refractivity contribution in [1.29, 1.82) is 0 Å². The molecule has 1 heteroatoms. The van der Waals surface area contributed by atoms with Crippen LogP contribution >= 0.6 is 0 Å². The molecule has 0 aromatic carbocycles. The van der Waals surface area contributed by atoms with Gasteiger partial charge in [-0.1, -0.05) is 20.8 Å². The van der Waals surface area contributed by atoms with E-state index in [0.29, 0.717) is 0 Å². The highest BCUT2D eigenvalue weighted by Crippen LogP contribution is 2.40. The largest absolute Gasteiger partial charge is 0.390 e. The molecule has 0 aromatic heterocycles. The van der Waals surface area contributed by atoms with Crippen molar-refractivity contribution >= 4 is 0 Å². The molecule has 0 spiro atoms. The molecule has 1 nitrogen and oxygen atoms in total. The summed E-state index contributed by atoms with van der Waals surface area (Å²) in [4.78, 5) is 0. The zero-order valence-corrected chi connectivity index (χ0v) is 7.93. The lowest BCUT2D eigenvalue weighted by Gasteiger charge is -2.16. The summed E-state index contributed by atoms with van der Waals surface area (Å²) in [5.41, 5.74) is -0.233. The van der Waals surface area contributed by atoms with E-state index in [9.17, 15) is 5.11 Å². The van der Waals surface area contributed by atoms with Gasteiger partial charge in [0, 0.05) is 0 Å². The second-order valence-electron chi connectivity index (χ2n) is 4.48. The van der Waals surface area contributed by atoms with Crippen LogP contribution in [0.3, 0.4) is 0 Å². The third kappa shape index (κ3) is 2.82. The van der Waals surface area contributed by atoms with Crippen molar-refractivity contribution in [3.63, 3.8) is 0 Å². The quantitative estimate of drug-likeness (QED) is 0.663. The van der Waals surface area contributed by atoms with Crippen molar-refractivity contribution in [1.82, 2.24) is 0 Å². The lowest BCUT2D eigenvalue weighted by Crippen LogP contribution is -2.11. The van der Waals surface area contributed by atoms with Crippen LogP contribution in [0.5, 0.6) is 0 Å². The van der Waals surface area contributed by atoms with E-state index in [1.54, 1.807) is 0 Å². The first kappa shape index (κ1) is 9.05. The van der Waals surface area contributed by atoms with Gasteiger partial charge in [-0.25, -0.2) is 0 Å². The Morgan fingerprint density at radius 2 is 1.82 bits per heavy atom. The molecule has 0 unspecified atom stereocenters. The predicted molar refractivity (Wildman–Crippen MR) is 47.4 cm³/mol. The fourth-order valence-electron chi connectivity index (χ4n) is 1.22. The molecular weight excluding hydrogens is 136 g/mol. The van der Waals surface area contributed by atoms with Crippen LogP contribution in [0.25, 0.3) is 0 Å². The minimum absolute atomic E-state index is 0.233. The van der Waals surface area contributed by atoms with Gasteiger partial charge in [0.05, 0.1) is 5.60 Å². The standard InChI is InChI=1S/C10H20O/c1-8(2)9(3)4-5-10(11)6-7-10/h8-9,11H,4-7H2,1-3H3/t9-/m1/s1. The normalized spacial score (nSPS) is 23.7. The summed E-state index contributed by atoms with van der Waals surface area (Å²) < 4.78 is 0. The minimum atomic E-state index is -0.233. The topological polar surface area (TPSA) is 20.2 Å². The van der Waals surface area contributed by atoms with Crippen molar-refractivity contribution < 1.29 is 5.11 Å². The van der Waals surface area contributed by atoms with Crippen LogP contribution in [0.1, 0.15) is 46.5 Å². The number of rotatable bonds is 4. The van der Waals surface area contributed by atoms with Gasteiger partial charge in [-0.2, -0.15) is 0 Å². The first-order chi connectivity index (χ1) is 5.03. The third-order valence-corrected chi connectivity index (χ3v) is 3.03. The van der Waals surface area contributed by atoms with E-state index in [-0.39, 0.29) is 5.60 Å². The molecule has 0 bridgehead atoms. The van der Waals surface area contributed by atoms with Crippen molar-refractivity contribution in [3.8, 4) is 0 Å². The molecule has 11 heavy (non-hydrogen) atoms. The summed E-state index contributed by atoms with van der Waals surface area (Å²) in [7, 11) is 0. The SMILES string of the molecule is CC(C)[C@H](C)CCC1(O)CC1. The molecule has 1 rings (SSSR count). The second-order valence-corrected chi connectivity index (χ2v) is 4.48. The molecule has 1 aliphatic rings. The monoisotopic (exact) mass is 156 g/mol. The van der Waals surface area contributed by atoms with Crippen molar-refractivity contribution in [2.24, 2.45) is 11.8 Å². The maximum atomic E-state index is 9.56. The molecule has 0 saturated heterocycles. The van der Waals surface area contributed by atoms with Crippen LogP contribution in [0, 0.1) is 11.8 Å².